The van der Waals surface area contributed by atoms with E-state index < -0.39 is 0 Å². The van der Waals surface area contributed by atoms with Crippen molar-refractivity contribution in [1.82, 2.24) is 5.32 Å². The van der Waals surface area contributed by atoms with Crippen LogP contribution in [0.3, 0.4) is 0 Å². The topological polar surface area (TPSA) is 32.3 Å². The maximum Gasteiger partial charge on any atom is 0.233 e. The van der Waals surface area contributed by atoms with E-state index in [-0.39, 0.29) is 17.2 Å². The molecule has 1 fully saturated rings. The number of thioether (sulfide) groups is 1. The number of hydrogen-bond donors (Lipinski definition) is 1. The van der Waals surface area contributed by atoms with Crippen molar-refractivity contribution in [3.05, 3.63) is 65.7 Å². The Balaban J connectivity index is 1.50. The highest BCUT2D eigenvalue weighted by atomic mass is 32.2. The zero-order chi connectivity index (χ0) is 19.9. The molecule has 3 nitrogen and oxygen atoms in total. The minimum absolute atomic E-state index is 0.0154. The quantitative estimate of drug-likeness (QED) is 0.678. The fraction of sp³-hybridized carbons (Fsp3) is 0.458. The van der Waals surface area contributed by atoms with E-state index in [1.165, 1.54) is 24.1 Å². The van der Waals surface area contributed by atoms with Crippen LogP contribution in [0.15, 0.2) is 54.6 Å². The van der Waals surface area contributed by atoms with Gasteiger partial charge in [0.1, 0.15) is 0 Å². The molecule has 0 aromatic heterocycles. The molecule has 0 spiro atoms. The number of nitrogens with one attached hydrogen (secondary N) is 1. The number of carbonyl (C=O) groups is 1. The van der Waals surface area contributed by atoms with E-state index in [1.54, 1.807) is 11.8 Å². The van der Waals surface area contributed by atoms with Crippen LogP contribution in [0.5, 0.6) is 0 Å². The lowest BCUT2D eigenvalue weighted by atomic mass is 9.99. The molecule has 150 valence electrons. The molecule has 1 amide bonds. The average Bonchev–Trinajstić information content (AvgIpc) is 2.72. The molecular formula is C24H32N2OS. The third-order valence-electron chi connectivity index (χ3n) is 5.49. The summed E-state index contributed by atoms with van der Waals surface area (Å²) < 4.78 is 0. The Morgan fingerprint density at radius 1 is 1.14 bits per heavy atom. The van der Waals surface area contributed by atoms with Crippen molar-refractivity contribution < 1.29 is 4.79 Å². The fourth-order valence-electron chi connectivity index (χ4n) is 3.68. The first-order valence-electron chi connectivity index (χ1n) is 10.3. The Bertz CT molecular complexity index is 747. The summed E-state index contributed by atoms with van der Waals surface area (Å²) in [6.07, 6.45) is 2.60. The monoisotopic (exact) mass is 396 g/mol. The summed E-state index contributed by atoms with van der Waals surface area (Å²) in [5, 5.41) is 3.09. The van der Waals surface area contributed by atoms with E-state index in [0.717, 1.165) is 30.3 Å². The van der Waals surface area contributed by atoms with E-state index >= 15 is 0 Å². The summed E-state index contributed by atoms with van der Waals surface area (Å²) >= 11 is 1.68. The van der Waals surface area contributed by atoms with E-state index in [0.29, 0.717) is 0 Å². The lowest BCUT2D eigenvalue weighted by Crippen LogP contribution is -2.34. The average molecular weight is 397 g/mol. The van der Waals surface area contributed by atoms with Crippen LogP contribution < -0.4 is 10.2 Å². The Labute approximate surface area is 173 Å². The lowest BCUT2D eigenvalue weighted by molar-refractivity contribution is -0.120. The third-order valence-corrected chi connectivity index (χ3v) is 6.70. The summed E-state index contributed by atoms with van der Waals surface area (Å²) in [5.41, 5.74) is 3.70. The molecule has 0 saturated carbocycles. The van der Waals surface area contributed by atoms with Crippen molar-refractivity contribution in [3.63, 3.8) is 0 Å². The summed E-state index contributed by atoms with van der Waals surface area (Å²) in [6, 6.07) is 19.0. The summed E-state index contributed by atoms with van der Waals surface area (Å²) in [5.74, 6) is 1.72. The van der Waals surface area contributed by atoms with Crippen molar-refractivity contribution in [2.75, 3.05) is 18.0 Å². The summed E-state index contributed by atoms with van der Waals surface area (Å²) in [6.45, 7) is 8.66. The van der Waals surface area contributed by atoms with E-state index in [2.05, 4.69) is 60.5 Å². The number of rotatable bonds is 7. The van der Waals surface area contributed by atoms with E-state index in [9.17, 15) is 4.79 Å². The minimum atomic E-state index is -0.0724. The smallest absolute Gasteiger partial charge is 0.233 e. The van der Waals surface area contributed by atoms with Gasteiger partial charge in [0.25, 0.3) is 0 Å². The molecule has 3 atom stereocenters. The first-order valence-corrected chi connectivity index (χ1v) is 11.4. The van der Waals surface area contributed by atoms with Gasteiger partial charge in [-0.3, -0.25) is 4.79 Å². The maximum absolute atomic E-state index is 12.6. The molecular weight excluding hydrogens is 364 g/mol. The number of anilines is 1. The van der Waals surface area contributed by atoms with Gasteiger partial charge in [-0.2, -0.15) is 0 Å². The van der Waals surface area contributed by atoms with Gasteiger partial charge in [0.15, 0.2) is 0 Å². The van der Waals surface area contributed by atoms with Gasteiger partial charge < -0.3 is 10.2 Å². The van der Waals surface area contributed by atoms with Crippen molar-refractivity contribution in [1.29, 1.82) is 0 Å². The normalized spacial score (nSPS) is 19.1. The molecule has 2 aromatic rings. The number of nitrogens with zero attached hydrogens (tertiary/aromatic N) is 1. The Hall–Kier alpha value is -1.94. The summed E-state index contributed by atoms with van der Waals surface area (Å²) in [4.78, 5) is 15.0. The van der Waals surface area contributed by atoms with E-state index in [4.69, 9.17) is 0 Å². The van der Waals surface area contributed by atoms with Crippen LogP contribution in [0.2, 0.25) is 0 Å². The van der Waals surface area contributed by atoms with Crippen LogP contribution in [0, 0.1) is 5.92 Å². The molecule has 0 unspecified atom stereocenters. The highest BCUT2D eigenvalue weighted by Crippen LogP contribution is 2.25. The standard InChI is InChI=1S/C24H32N2OS/c1-18-8-7-15-26(16-18)23-13-11-22(12-14-23)19(2)25-24(27)20(3)28-17-21-9-5-4-6-10-21/h4-6,9-14,18-20H,7-8,15-17H2,1-3H3,(H,25,27)/t18-,19+,20-/m1/s1. The number of amides is 1. The maximum atomic E-state index is 12.6. The van der Waals surface area contributed by atoms with Crippen LogP contribution in [0.1, 0.15) is 50.8 Å². The van der Waals surface area contributed by atoms with Gasteiger partial charge in [0.2, 0.25) is 5.91 Å². The number of piperidine rings is 1. The van der Waals surface area contributed by atoms with Crippen molar-refractivity contribution in [2.24, 2.45) is 5.92 Å². The third kappa shape index (κ3) is 5.78. The Kier molecular flexibility index (Phi) is 7.43. The molecule has 4 heteroatoms. The van der Waals surface area contributed by atoms with Gasteiger partial charge in [-0.1, -0.05) is 49.4 Å². The molecule has 0 aliphatic carbocycles. The van der Waals surface area contributed by atoms with Gasteiger partial charge in [-0.05, 0) is 55.9 Å². The SMILES string of the molecule is C[C@@H]1CCCN(c2ccc([C@H](C)NC(=O)[C@@H](C)SCc3ccccc3)cc2)C1. The van der Waals surface area contributed by atoms with Crippen LogP contribution in [0.4, 0.5) is 5.69 Å². The highest BCUT2D eigenvalue weighted by molar-refractivity contribution is 7.99. The molecule has 1 N–H and O–H groups in total. The zero-order valence-corrected chi connectivity index (χ0v) is 18.0. The van der Waals surface area contributed by atoms with Crippen LogP contribution in [-0.2, 0) is 10.5 Å². The molecule has 2 aromatic carbocycles. The van der Waals surface area contributed by atoms with Crippen LogP contribution in [0.25, 0.3) is 0 Å². The first kappa shape index (κ1) is 20.8. The van der Waals surface area contributed by atoms with Gasteiger partial charge >= 0.3 is 0 Å². The van der Waals surface area contributed by atoms with Gasteiger partial charge in [-0.15, -0.1) is 11.8 Å². The van der Waals surface area contributed by atoms with E-state index in [1.807, 2.05) is 25.1 Å². The lowest BCUT2D eigenvalue weighted by Gasteiger charge is -2.33. The Morgan fingerprint density at radius 3 is 2.54 bits per heavy atom. The second-order valence-corrected chi connectivity index (χ2v) is 9.28. The second kappa shape index (κ2) is 10.0. The predicted molar refractivity (Wildman–Crippen MR) is 121 cm³/mol. The fourth-order valence-corrected chi connectivity index (χ4v) is 4.54. The Morgan fingerprint density at radius 2 is 1.86 bits per heavy atom. The van der Waals surface area contributed by atoms with Gasteiger partial charge in [0.05, 0.1) is 11.3 Å². The molecule has 1 heterocycles. The molecule has 3 rings (SSSR count). The molecule has 1 aliphatic rings. The molecule has 0 bridgehead atoms. The minimum Gasteiger partial charge on any atom is -0.371 e. The van der Waals surface area contributed by atoms with Crippen molar-refractivity contribution in [2.45, 2.75) is 50.7 Å². The summed E-state index contributed by atoms with van der Waals surface area (Å²) in [7, 11) is 0. The number of carbonyl (C=O) groups excluding carboxylic acids is 1. The second-order valence-electron chi connectivity index (χ2n) is 7.95. The van der Waals surface area contributed by atoms with Gasteiger partial charge in [-0.25, -0.2) is 0 Å². The molecule has 1 aliphatic heterocycles. The first-order chi connectivity index (χ1) is 13.5. The van der Waals surface area contributed by atoms with Crippen LogP contribution in [-0.4, -0.2) is 24.2 Å². The highest BCUT2D eigenvalue weighted by Gasteiger charge is 2.19. The molecule has 28 heavy (non-hydrogen) atoms. The van der Waals surface area contributed by atoms with Crippen LogP contribution >= 0.6 is 11.8 Å². The largest absolute Gasteiger partial charge is 0.371 e. The number of hydrogen-bond acceptors (Lipinski definition) is 3. The van der Waals surface area contributed by atoms with Gasteiger partial charge in [0, 0.05) is 24.5 Å². The molecule has 1 saturated heterocycles. The predicted octanol–water partition coefficient (Wildman–Crippen LogP) is 5.42. The molecule has 0 radical (unpaired) electrons. The number of benzene rings is 2. The van der Waals surface area contributed by atoms with Crippen molar-refractivity contribution >= 4 is 23.4 Å². The van der Waals surface area contributed by atoms with Crippen molar-refractivity contribution in [3.8, 4) is 0 Å². The zero-order valence-electron chi connectivity index (χ0n) is 17.2.